The van der Waals surface area contributed by atoms with Crippen molar-refractivity contribution in [3.05, 3.63) is 0 Å². The number of carbonyl (C=O) groups is 2. The summed E-state index contributed by atoms with van der Waals surface area (Å²) < 4.78 is 11.1. The molecule has 0 spiro atoms. The van der Waals surface area contributed by atoms with Crippen molar-refractivity contribution in [3.63, 3.8) is 0 Å². The minimum absolute atomic E-state index is 0.366. The van der Waals surface area contributed by atoms with E-state index < -0.39 is 24.1 Å². The highest BCUT2D eigenvalue weighted by atomic mass is 16.5. The second-order valence-corrected chi connectivity index (χ2v) is 8.22. The van der Waals surface area contributed by atoms with Gasteiger partial charge in [-0.1, -0.05) is 90.9 Å². The number of hydrogen-bond acceptors (Lipinski definition) is 4. The van der Waals surface area contributed by atoms with Crippen LogP contribution in [-0.4, -0.2) is 47.6 Å². The van der Waals surface area contributed by atoms with Gasteiger partial charge in [-0.15, -0.1) is 0 Å². The summed E-state index contributed by atoms with van der Waals surface area (Å²) in [5, 5.41) is 18.6. The van der Waals surface area contributed by atoms with Crippen LogP contribution in [0.3, 0.4) is 0 Å². The Hall–Kier alpha value is -1.14. The molecule has 0 heterocycles. The number of ether oxygens (including phenoxy) is 2. The summed E-state index contributed by atoms with van der Waals surface area (Å²) in [6.45, 7) is 5.09. The maximum Gasteiger partial charge on any atom is 0.332 e. The molecule has 0 aromatic heterocycles. The first kappa shape index (κ1) is 28.9. The number of aliphatic carboxylic acids is 2. The molecule has 2 N–H and O–H groups in total. The Morgan fingerprint density at radius 2 is 0.900 bits per heavy atom. The molecular weight excluding hydrogens is 384 g/mol. The van der Waals surface area contributed by atoms with Crippen LogP contribution in [0.1, 0.15) is 117 Å². The summed E-state index contributed by atoms with van der Waals surface area (Å²) in [4.78, 5) is 22.6. The van der Waals surface area contributed by atoms with E-state index in [4.69, 9.17) is 9.47 Å². The minimum atomic E-state index is -0.898. The number of unbranched alkanes of at least 4 members (excludes halogenated alkanes) is 11. The fourth-order valence-corrected chi connectivity index (χ4v) is 3.43. The van der Waals surface area contributed by atoms with Crippen molar-refractivity contribution >= 4 is 11.9 Å². The third-order valence-electron chi connectivity index (χ3n) is 5.37. The molecule has 178 valence electrons. The van der Waals surface area contributed by atoms with Crippen LogP contribution in [0.2, 0.25) is 0 Å². The lowest BCUT2D eigenvalue weighted by molar-refractivity contribution is -0.152. The molecule has 0 radical (unpaired) electrons. The molecule has 0 fully saturated rings. The van der Waals surface area contributed by atoms with E-state index in [1.807, 2.05) is 0 Å². The minimum Gasteiger partial charge on any atom is -0.479 e. The summed E-state index contributed by atoms with van der Waals surface area (Å²) in [5.41, 5.74) is 0. The van der Waals surface area contributed by atoms with Gasteiger partial charge < -0.3 is 19.7 Å². The van der Waals surface area contributed by atoms with Crippen LogP contribution < -0.4 is 0 Å². The van der Waals surface area contributed by atoms with Crippen molar-refractivity contribution in [3.8, 4) is 0 Å². The second kappa shape index (κ2) is 21.1. The molecule has 0 saturated heterocycles. The molecular formula is C24H46O6. The van der Waals surface area contributed by atoms with Crippen LogP contribution in [0.5, 0.6) is 0 Å². The zero-order valence-electron chi connectivity index (χ0n) is 19.4. The second-order valence-electron chi connectivity index (χ2n) is 8.22. The van der Waals surface area contributed by atoms with Gasteiger partial charge in [-0.3, -0.25) is 0 Å². The molecule has 2 atom stereocenters. The van der Waals surface area contributed by atoms with E-state index in [2.05, 4.69) is 13.8 Å². The molecule has 30 heavy (non-hydrogen) atoms. The molecule has 0 aromatic carbocycles. The van der Waals surface area contributed by atoms with Crippen molar-refractivity contribution in [1.29, 1.82) is 0 Å². The third kappa shape index (κ3) is 17.7. The molecule has 0 amide bonds. The SMILES string of the molecule is CCCCCCCCC(OCCCCOC(CCCCCCCC)C(=O)O)C(=O)O. The number of rotatable bonds is 23. The first-order chi connectivity index (χ1) is 14.5. The summed E-state index contributed by atoms with van der Waals surface area (Å²) in [5.74, 6) is -1.80. The monoisotopic (exact) mass is 430 g/mol. The average Bonchev–Trinajstić information content (AvgIpc) is 2.71. The van der Waals surface area contributed by atoms with Gasteiger partial charge in [0.05, 0.1) is 0 Å². The molecule has 6 heteroatoms. The van der Waals surface area contributed by atoms with E-state index in [0.29, 0.717) is 38.9 Å². The lowest BCUT2D eigenvalue weighted by Crippen LogP contribution is -2.25. The van der Waals surface area contributed by atoms with Gasteiger partial charge in [0.25, 0.3) is 0 Å². The summed E-state index contributed by atoms with van der Waals surface area (Å²) in [7, 11) is 0. The fraction of sp³-hybridized carbons (Fsp3) is 0.917. The van der Waals surface area contributed by atoms with Crippen LogP contribution >= 0.6 is 0 Å². The fourth-order valence-electron chi connectivity index (χ4n) is 3.43. The Kier molecular flexibility index (Phi) is 20.3. The number of carboxylic acid groups (broad SMARTS) is 2. The van der Waals surface area contributed by atoms with Crippen LogP contribution in [0.25, 0.3) is 0 Å². The highest BCUT2D eigenvalue weighted by Crippen LogP contribution is 2.13. The Morgan fingerprint density at radius 3 is 1.23 bits per heavy atom. The van der Waals surface area contributed by atoms with E-state index in [9.17, 15) is 19.8 Å². The van der Waals surface area contributed by atoms with Crippen LogP contribution in [0.15, 0.2) is 0 Å². The van der Waals surface area contributed by atoms with E-state index in [-0.39, 0.29) is 0 Å². The van der Waals surface area contributed by atoms with Gasteiger partial charge in [-0.05, 0) is 25.7 Å². The molecule has 0 bridgehead atoms. The number of hydrogen-bond donors (Lipinski definition) is 2. The maximum absolute atomic E-state index is 11.3. The first-order valence-corrected chi connectivity index (χ1v) is 12.2. The van der Waals surface area contributed by atoms with Crippen molar-refractivity contribution < 1.29 is 29.3 Å². The predicted octanol–water partition coefficient (Wildman–Crippen LogP) is 6.21. The van der Waals surface area contributed by atoms with Gasteiger partial charge in [-0.25, -0.2) is 9.59 Å². The van der Waals surface area contributed by atoms with Crippen molar-refractivity contribution in [2.24, 2.45) is 0 Å². The third-order valence-corrected chi connectivity index (χ3v) is 5.37. The van der Waals surface area contributed by atoms with Gasteiger partial charge in [0.1, 0.15) is 0 Å². The molecule has 6 nitrogen and oxygen atoms in total. The van der Waals surface area contributed by atoms with E-state index in [1.54, 1.807) is 0 Å². The quantitative estimate of drug-likeness (QED) is 0.187. The van der Waals surface area contributed by atoms with Gasteiger partial charge in [0.2, 0.25) is 0 Å². The highest BCUT2D eigenvalue weighted by Gasteiger charge is 2.18. The topological polar surface area (TPSA) is 93.1 Å². The molecule has 0 aromatic rings. The number of carboxylic acids is 2. The van der Waals surface area contributed by atoms with Crippen molar-refractivity contribution in [2.45, 2.75) is 129 Å². The molecule has 0 saturated carbocycles. The van der Waals surface area contributed by atoms with Crippen LogP contribution in [0.4, 0.5) is 0 Å². The summed E-state index contributed by atoms with van der Waals surface area (Å²) in [6, 6.07) is 0. The van der Waals surface area contributed by atoms with Crippen LogP contribution in [-0.2, 0) is 19.1 Å². The molecule has 2 unspecified atom stereocenters. The molecule has 0 rings (SSSR count). The lowest BCUT2D eigenvalue weighted by atomic mass is 10.1. The Bertz CT molecular complexity index is 375. The zero-order chi connectivity index (χ0) is 22.5. The Balaban J connectivity index is 3.81. The van der Waals surface area contributed by atoms with Gasteiger partial charge in [0, 0.05) is 13.2 Å². The van der Waals surface area contributed by atoms with Gasteiger partial charge >= 0.3 is 11.9 Å². The van der Waals surface area contributed by atoms with Crippen molar-refractivity contribution in [2.75, 3.05) is 13.2 Å². The summed E-state index contributed by atoms with van der Waals surface area (Å²) in [6.07, 6.45) is 14.4. The highest BCUT2D eigenvalue weighted by molar-refractivity contribution is 5.72. The zero-order valence-corrected chi connectivity index (χ0v) is 19.4. The lowest BCUT2D eigenvalue weighted by Gasteiger charge is -2.15. The van der Waals surface area contributed by atoms with Crippen LogP contribution in [0, 0.1) is 0 Å². The van der Waals surface area contributed by atoms with E-state index in [1.165, 1.54) is 38.5 Å². The van der Waals surface area contributed by atoms with Gasteiger partial charge in [0.15, 0.2) is 12.2 Å². The Labute approximate surface area is 183 Å². The van der Waals surface area contributed by atoms with E-state index >= 15 is 0 Å². The molecule has 0 aliphatic heterocycles. The van der Waals surface area contributed by atoms with Gasteiger partial charge in [-0.2, -0.15) is 0 Å². The smallest absolute Gasteiger partial charge is 0.332 e. The normalized spacial score (nSPS) is 13.3. The largest absolute Gasteiger partial charge is 0.479 e. The summed E-state index contributed by atoms with van der Waals surface area (Å²) >= 11 is 0. The molecule has 0 aliphatic carbocycles. The Morgan fingerprint density at radius 1 is 0.567 bits per heavy atom. The first-order valence-electron chi connectivity index (χ1n) is 12.2. The average molecular weight is 431 g/mol. The standard InChI is InChI=1S/C24H46O6/c1-3-5-7-9-11-13-17-21(23(25)26)29-19-15-16-20-30-22(24(27)28)18-14-12-10-8-6-4-2/h21-22H,3-20H2,1-2H3,(H,25,26)(H,27,28). The maximum atomic E-state index is 11.3. The molecule has 0 aliphatic rings. The van der Waals surface area contributed by atoms with E-state index in [0.717, 1.165) is 38.5 Å². The predicted molar refractivity (Wildman–Crippen MR) is 120 cm³/mol. The van der Waals surface area contributed by atoms with Crippen molar-refractivity contribution in [1.82, 2.24) is 0 Å².